The van der Waals surface area contributed by atoms with Gasteiger partial charge in [0.15, 0.2) is 0 Å². The van der Waals surface area contributed by atoms with E-state index in [2.05, 4.69) is 0 Å². The monoisotopic (exact) mass is 466 g/mol. The van der Waals surface area contributed by atoms with E-state index < -0.39 is 38.4 Å². The molecule has 1 N–H and O–H groups in total. The Labute approximate surface area is 173 Å². The molecule has 0 bridgehead atoms. The molecule has 0 saturated carbocycles. The van der Waals surface area contributed by atoms with Crippen LogP contribution in [-0.4, -0.2) is 32.3 Å². The van der Waals surface area contributed by atoms with Gasteiger partial charge in [-0.25, -0.2) is 8.42 Å². The number of alkyl halides is 6. The number of anilines is 1. The maximum Gasteiger partial charge on any atom is 0.416 e. The topological polar surface area (TPSA) is 66.5 Å². The Hall–Kier alpha value is -2.76. The van der Waals surface area contributed by atoms with Crippen molar-refractivity contribution in [3.8, 4) is 0 Å². The molecule has 1 amide bonds. The van der Waals surface area contributed by atoms with Crippen molar-refractivity contribution in [2.75, 3.05) is 17.8 Å². The summed E-state index contributed by atoms with van der Waals surface area (Å²) in [6.07, 6.45) is -8.60. The van der Waals surface area contributed by atoms with Gasteiger partial charge in [0.05, 0.1) is 16.0 Å². The average Bonchev–Trinajstić information content (AvgIpc) is 3.21. The van der Waals surface area contributed by atoms with Crippen LogP contribution in [0.4, 0.5) is 32.0 Å². The van der Waals surface area contributed by atoms with Gasteiger partial charge in [0.2, 0.25) is 0 Å². The van der Waals surface area contributed by atoms with Crippen LogP contribution in [0.2, 0.25) is 0 Å². The second kappa shape index (κ2) is 8.06. The van der Waals surface area contributed by atoms with Crippen LogP contribution in [0.1, 0.15) is 34.3 Å². The van der Waals surface area contributed by atoms with Gasteiger partial charge in [0.25, 0.3) is 15.9 Å². The molecule has 0 spiro atoms. The predicted molar refractivity (Wildman–Crippen MR) is 98.8 cm³/mol. The van der Waals surface area contributed by atoms with E-state index in [1.54, 1.807) is 4.90 Å². The standard InChI is InChI=1S/C19H16F6N2O3S/c20-18(21,22)13-9-14(19(23,24)25)11-16(10-13)31(29,30)26-15-5-3-12(4-6-15)17(28)27-7-1-2-8-27/h3-6,9-11,26H,1-2,7-8H2. The zero-order valence-corrected chi connectivity index (χ0v) is 16.5. The molecule has 2 aromatic carbocycles. The number of halogens is 6. The van der Waals surface area contributed by atoms with Crippen LogP contribution >= 0.6 is 0 Å². The average molecular weight is 466 g/mol. The minimum atomic E-state index is -5.18. The Morgan fingerprint density at radius 1 is 0.839 bits per heavy atom. The third-order valence-corrected chi connectivity index (χ3v) is 6.01. The molecule has 0 atom stereocenters. The molecule has 2 aromatic rings. The lowest BCUT2D eigenvalue weighted by molar-refractivity contribution is -0.143. The number of sulfonamides is 1. The quantitative estimate of drug-likeness (QED) is 0.661. The van der Waals surface area contributed by atoms with Gasteiger partial charge in [-0.05, 0) is 55.3 Å². The first-order valence-corrected chi connectivity index (χ1v) is 10.5. The number of rotatable bonds is 4. The highest BCUT2D eigenvalue weighted by Crippen LogP contribution is 2.37. The summed E-state index contributed by atoms with van der Waals surface area (Å²) in [6.45, 7) is 1.20. The Morgan fingerprint density at radius 2 is 1.32 bits per heavy atom. The van der Waals surface area contributed by atoms with E-state index in [1.165, 1.54) is 24.3 Å². The van der Waals surface area contributed by atoms with Crippen LogP contribution in [0.15, 0.2) is 47.4 Å². The fourth-order valence-corrected chi connectivity index (χ4v) is 4.21. The largest absolute Gasteiger partial charge is 0.416 e. The number of carbonyl (C=O) groups is 1. The highest BCUT2D eigenvalue weighted by Gasteiger charge is 2.38. The number of carbonyl (C=O) groups excluding carboxylic acids is 1. The normalized spacial score (nSPS) is 15.2. The number of amides is 1. The van der Waals surface area contributed by atoms with Crippen LogP contribution < -0.4 is 4.72 Å². The minimum absolute atomic E-state index is 0.121. The second-order valence-electron chi connectivity index (χ2n) is 6.92. The molecular formula is C19H16F6N2O3S. The van der Waals surface area contributed by atoms with E-state index in [4.69, 9.17) is 0 Å². The summed E-state index contributed by atoms with van der Waals surface area (Å²) in [5, 5.41) is 0. The summed E-state index contributed by atoms with van der Waals surface area (Å²) in [5.74, 6) is -0.250. The predicted octanol–water partition coefficient (Wildman–Crippen LogP) is 4.76. The van der Waals surface area contributed by atoms with Gasteiger partial charge in [0.1, 0.15) is 0 Å². The lowest BCUT2D eigenvalue weighted by atomic mass is 10.1. The van der Waals surface area contributed by atoms with Crippen molar-refractivity contribution in [2.24, 2.45) is 0 Å². The van der Waals surface area contributed by atoms with Gasteiger partial charge in [-0.2, -0.15) is 26.3 Å². The van der Waals surface area contributed by atoms with E-state index in [0.717, 1.165) is 12.8 Å². The lowest BCUT2D eigenvalue weighted by Gasteiger charge is -2.16. The number of likely N-dealkylation sites (tertiary alicyclic amines) is 1. The van der Waals surface area contributed by atoms with E-state index in [1.807, 2.05) is 4.72 Å². The van der Waals surface area contributed by atoms with Crippen molar-refractivity contribution in [3.05, 3.63) is 59.2 Å². The summed E-state index contributed by atoms with van der Waals surface area (Å²) in [4.78, 5) is 12.7. The van der Waals surface area contributed by atoms with Gasteiger partial charge < -0.3 is 4.90 Å². The second-order valence-corrected chi connectivity index (χ2v) is 8.61. The Bertz CT molecular complexity index is 1040. The first-order chi connectivity index (χ1) is 14.3. The van der Waals surface area contributed by atoms with Crippen LogP contribution in [-0.2, 0) is 22.4 Å². The maximum absolute atomic E-state index is 13.0. The van der Waals surface area contributed by atoms with Crippen molar-refractivity contribution in [3.63, 3.8) is 0 Å². The number of hydrogen-bond donors (Lipinski definition) is 1. The van der Waals surface area contributed by atoms with E-state index >= 15 is 0 Å². The minimum Gasteiger partial charge on any atom is -0.339 e. The summed E-state index contributed by atoms with van der Waals surface area (Å²) in [5.41, 5.74) is -3.32. The van der Waals surface area contributed by atoms with Gasteiger partial charge in [-0.1, -0.05) is 0 Å². The third-order valence-electron chi connectivity index (χ3n) is 4.65. The van der Waals surface area contributed by atoms with Crippen molar-refractivity contribution in [1.29, 1.82) is 0 Å². The van der Waals surface area contributed by atoms with E-state index in [-0.39, 0.29) is 35.4 Å². The molecule has 168 valence electrons. The molecule has 1 fully saturated rings. The number of nitrogens with zero attached hydrogens (tertiary/aromatic N) is 1. The first-order valence-electron chi connectivity index (χ1n) is 8.99. The third kappa shape index (κ3) is 5.30. The van der Waals surface area contributed by atoms with Crippen molar-refractivity contribution in [1.82, 2.24) is 4.90 Å². The highest BCUT2D eigenvalue weighted by molar-refractivity contribution is 7.92. The molecule has 3 rings (SSSR count). The number of hydrogen-bond acceptors (Lipinski definition) is 3. The SMILES string of the molecule is O=C(c1ccc(NS(=O)(=O)c2cc(C(F)(F)F)cc(C(F)(F)F)c2)cc1)N1CCCC1. The van der Waals surface area contributed by atoms with Gasteiger partial charge in [-0.15, -0.1) is 0 Å². The molecule has 1 aliphatic rings. The Morgan fingerprint density at radius 3 is 1.77 bits per heavy atom. The molecule has 1 aliphatic heterocycles. The lowest BCUT2D eigenvalue weighted by Crippen LogP contribution is -2.27. The van der Waals surface area contributed by atoms with Crippen LogP contribution in [0.3, 0.4) is 0 Å². The summed E-state index contributed by atoms with van der Waals surface area (Å²) >= 11 is 0. The zero-order valence-electron chi connectivity index (χ0n) is 15.7. The van der Waals surface area contributed by atoms with Crippen molar-refractivity contribution in [2.45, 2.75) is 30.1 Å². The fraction of sp³-hybridized carbons (Fsp3) is 0.316. The van der Waals surface area contributed by atoms with E-state index in [0.29, 0.717) is 13.1 Å². The highest BCUT2D eigenvalue weighted by atomic mass is 32.2. The molecule has 0 aromatic heterocycles. The summed E-state index contributed by atoms with van der Waals surface area (Å²) in [7, 11) is -4.77. The van der Waals surface area contributed by atoms with Crippen molar-refractivity contribution < 1.29 is 39.6 Å². The van der Waals surface area contributed by atoms with E-state index in [9.17, 15) is 39.6 Å². The van der Waals surface area contributed by atoms with Gasteiger partial charge in [0, 0.05) is 24.3 Å². The molecule has 1 heterocycles. The smallest absolute Gasteiger partial charge is 0.339 e. The first kappa shape index (κ1) is 22.9. The number of benzene rings is 2. The van der Waals surface area contributed by atoms with Crippen LogP contribution in [0.5, 0.6) is 0 Å². The van der Waals surface area contributed by atoms with Gasteiger partial charge in [-0.3, -0.25) is 9.52 Å². The summed E-state index contributed by atoms with van der Waals surface area (Å²) < 4.78 is 105. The Kier molecular flexibility index (Phi) is 5.96. The molecule has 31 heavy (non-hydrogen) atoms. The van der Waals surface area contributed by atoms with Crippen molar-refractivity contribution >= 4 is 21.6 Å². The van der Waals surface area contributed by atoms with Gasteiger partial charge >= 0.3 is 12.4 Å². The molecule has 12 heteroatoms. The fourth-order valence-electron chi connectivity index (χ4n) is 3.08. The molecule has 0 radical (unpaired) electrons. The Balaban J connectivity index is 1.89. The molecule has 5 nitrogen and oxygen atoms in total. The maximum atomic E-state index is 13.0. The summed E-state index contributed by atoms with van der Waals surface area (Å²) in [6, 6.07) is 5.17. The number of nitrogens with one attached hydrogen (secondary N) is 1. The zero-order chi connectivity index (χ0) is 23.0. The van der Waals surface area contributed by atoms with Crippen LogP contribution in [0.25, 0.3) is 0 Å². The molecule has 1 saturated heterocycles. The molecule has 0 unspecified atom stereocenters. The molecular weight excluding hydrogens is 450 g/mol. The molecule has 0 aliphatic carbocycles. The van der Waals surface area contributed by atoms with Crippen LogP contribution in [0, 0.1) is 0 Å².